The number of aromatic amines is 1. The third-order valence-corrected chi connectivity index (χ3v) is 5.89. The van der Waals surface area contributed by atoms with Gasteiger partial charge >= 0.3 is 6.36 Å². The standard InChI is InChI=1S/C24H20F4N4O3/c1-14(31-11-19(12-31)34-17-6-8-18(9-7-17)35-24(26,27)28)20-13-32-21(23(33)30-20)10-29-22(32)15-2-4-16(25)5-3-15/h2-10,13-14,19H,11-12H2,1H3,(H,30,33). The van der Waals surface area contributed by atoms with Crippen LogP contribution in [0.1, 0.15) is 18.7 Å². The molecular weight excluding hydrogens is 468 g/mol. The van der Waals surface area contributed by atoms with Gasteiger partial charge in [0.05, 0.1) is 11.9 Å². The van der Waals surface area contributed by atoms with Crippen LogP contribution in [0.3, 0.4) is 0 Å². The number of H-pyrrole nitrogens is 1. The number of hydrogen-bond donors (Lipinski definition) is 1. The van der Waals surface area contributed by atoms with Crippen LogP contribution in [0.5, 0.6) is 11.5 Å². The molecule has 182 valence electrons. The van der Waals surface area contributed by atoms with Gasteiger partial charge in [0.15, 0.2) is 0 Å². The number of aromatic nitrogens is 3. The SMILES string of the molecule is CC(c1cn2c(-c3ccc(F)cc3)ncc2c(=O)[nH]1)N1CC(Oc2ccc(OC(F)(F)F)cc2)C1. The lowest BCUT2D eigenvalue weighted by molar-refractivity contribution is -0.274. The minimum absolute atomic E-state index is 0.141. The molecule has 1 atom stereocenters. The average Bonchev–Trinajstić information content (AvgIpc) is 3.21. The van der Waals surface area contributed by atoms with Gasteiger partial charge in [0.2, 0.25) is 0 Å². The van der Waals surface area contributed by atoms with E-state index in [1.807, 2.05) is 6.92 Å². The van der Waals surface area contributed by atoms with E-state index >= 15 is 0 Å². The van der Waals surface area contributed by atoms with E-state index in [2.05, 4.69) is 19.6 Å². The number of imidazole rings is 1. The third kappa shape index (κ3) is 4.85. The van der Waals surface area contributed by atoms with Crippen molar-refractivity contribution in [1.82, 2.24) is 19.3 Å². The molecule has 11 heteroatoms. The molecule has 3 heterocycles. The van der Waals surface area contributed by atoms with Crippen LogP contribution in [0.2, 0.25) is 0 Å². The van der Waals surface area contributed by atoms with Crippen molar-refractivity contribution in [3.8, 4) is 22.9 Å². The van der Waals surface area contributed by atoms with Gasteiger partial charge < -0.3 is 14.5 Å². The van der Waals surface area contributed by atoms with Crippen LogP contribution in [-0.2, 0) is 0 Å². The van der Waals surface area contributed by atoms with Crippen molar-refractivity contribution in [3.63, 3.8) is 0 Å². The number of nitrogens with one attached hydrogen (secondary N) is 1. The minimum atomic E-state index is -4.74. The molecule has 1 aliphatic rings. The average molecular weight is 488 g/mol. The second-order valence-corrected chi connectivity index (χ2v) is 8.27. The summed E-state index contributed by atoms with van der Waals surface area (Å²) < 4.78 is 61.6. The molecule has 2 aromatic carbocycles. The zero-order chi connectivity index (χ0) is 24.7. The molecule has 1 fully saturated rings. The first-order chi connectivity index (χ1) is 16.7. The highest BCUT2D eigenvalue weighted by Gasteiger charge is 2.34. The summed E-state index contributed by atoms with van der Waals surface area (Å²) in [7, 11) is 0. The highest BCUT2D eigenvalue weighted by Crippen LogP contribution is 2.29. The summed E-state index contributed by atoms with van der Waals surface area (Å²) in [4.78, 5) is 22.0. The largest absolute Gasteiger partial charge is 0.573 e. The van der Waals surface area contributed by atoms with Gasteiger partial charge in [-0.15, -0.1) is 13.2 Å². The van der Waals surface area contributed by atoms with Crippen LogP contribution in [0.25, 0.3) is 16.9 Å². The Balaban J connectivity index is 1.26. The van der Waals surface area contributed by atoms with E-state index in [0.29, 0.717) is 41.4 Å². The molecule has 0 radical (unpaired) electrons. The summed E-state index contributed by atoms with van der Waals surface area (Å²) in [5.74, 6) is 0.297. The number of halogens is 4. The number of ether oxygens (including phenoxy) is 2. The molecule has 1 N–H and O–H groups in total. The first-order valence-electron chi connectivity index (χ1n) is 10.8. The van der Waals surface area contributed by atoms with E-state index in [1.165, 1.54) is 42.6 Å². The smallest absolute Gasteiger partial charge is 0.488 e. The fourth-order valence-corrected chi connectivity index (χ4v) is 4.02. The zero-order valence-electron chi connectivity index (χ0n) is 18.4. The molecule has 5 rings (SSSR count). The molecule has 0 bridgehead atoms. The number of fused-ring (bicyclic) bond motifs is 1. The van der Waals surface area contributed by atoms with E-state index in [0.717, 1.165) is 0 Å². The van der Waals surface area contributed by atoms with Gasteiger partial charge in [-0.25, -0.2) is 9.37 Å². The molecule has 0 amide bonds. The monoisotopic (exact) mass is 488 g/mol. The first kappa shape index (κ1) is 22.9. The van der Waals surface area contributed by atoms with Crippen LogP contribution >= 0.6 is 0 Å². The second-order valence-electron chi connectivity index (χ2n) is 8.27. The summed E-state index contributed by atoms with van der Waals surface area (Å²) in [5.41, 5.74) is 1.45. The Morgan fingerprint density at radius 3 is 2.37 bits per heavy atom. The van der Waals surface area contributed by atoms with Crippen LogP contribution in [0, 0.1) is 5.82 Å². The molecular formula is C24H20F4N4O3. The third-order valence-electron chi connectivity index (χ3n) is 5.89. The number of alkyl halides is 3. The van der Waals surface area contributed by atoms with E-state index in [1.54, 1.807) is 22.7 Å². The number of rotatable bonds is 6. The quantitative estimate of drug-likeness (QED) is 0.403. The van der Waals surface area contributed by atoms with E-state index in [-0.39, 0.29) is 29.3 Å². The van der Waals surface area contributed by atoms with Crippen LogP contribution < -0.4 is 15.0 Å². The Kier molecular flexibility index (Phi) is 5.72. The summed E-state index contributed by atoms with van der Waals surface area (Å²) in [6, 6.07) is 11.0. The molecule has 0 spiro atoms. The molecule has 2 aromatic heterocycles. The van der Waals surface area contributed by atoms with E-state index in [4.69, 9.17) is 4.74 Å². The number of nitrogens with zero attached hydrogens (tertiary/aromatic N) is 3. The number of hydrogen-bond acceptors (Lipinski definition) is 5. The molecule has 7 nitrogen and oxygen atoms in total. The van der Waals surface area contributed by atoms with Gasteiger partial charge in [-0.3, -0.25) is 14.1 Å². The van der Waals surface area contributed by atoms with Crippen molar-refractivity contribution in [1.29, 1.82) is 0 Å². The lowest BCUT2D eigenvalue weighted by Crippen LogP contribution is -2.54. The fourth-order valence-electron chi connectivity index (χ4n) is 4.02. The van der Waals surface area contributed by atoms with E-state index < -0.39 is 6.36 Å². The maximum atomic E-state index is 13.3. The zero-order valence-corrected chi connectivity index (χ0v) is 18.4. The number of likely N-dealkylation sites (tertiary alicyclic amines) is 1. The van der Waals surface area contributed by atoms with Crippen LogP contribution in [0.15, 0.2) is 65.7 Å². The summed E-state index contributed by atoms with van der Waals surface area (Å²) in [6.07, 6.45) is -1.61. The molecule has 1 unspecified atom stereocenters. The Morgan fingerprint density at radius 1 is 1.06 bits per heavy atom. The topological polar surface area (TPSA) is 71.9 Å². The lowest BCUT2D eigenvalue weighted by Gasteiger charge is -2.42. The molecule has 0 aliphatic carbocycles. The van der Waals surface area contributed by atoms with Crippen LogP contribution in [0.4, 0.5) is 17.6 Å². The predicted molar refractivity (Wildman–Crippen MR) is 119 cm³/mol. The van der Waals surface area contributed by atoms with Crippen molar-refractivity contribution in [2.45, 2.75) is 25.4 Å². The van der Waals surface area contributed by atoms with Gasteiger partial charge in [-0.2, -0.15) is 0 Å². The van der Waals surface area contributed by atoms with Crippen LogP contribution in [-0.4, -0.2) is 44.8 Å². The Labute approximate surface area is 196 Å². The van der Waals surface area contributed by atoms with Crippen molar-refractivity contribution >= 4 is 5.52 Å². The molecule has 1 aliphatic heterocycles. The normalized spacial score (nSPS) is 15.7. The van der Waals surface area contributed by atoms with Gasteiger partial charge in [-0.1, -0.05) is 0 Å². The molecule has 35 heavy (non-hydrogen) atoms. The second kappa shape index (κ2) is 8.73. The van der Waals surface area contributed by atoms with Crippen molar-refractivity contribution in [2.24, 2.45) is 0 Å². The minimum Gasteiger partial charge on any atom is -0.488 e. The Bertz CT molecular complexity index is 1390. The van der Waals surface area contributed by atoms with Gasteiger partial charge in [0.25, 0.3) is 5.56 Å². The maximum absolute atomic E-state index is 13.3. The van der Waals surface area contributed by atoms with Crippen molar-refractivity contribution in [2.75, 3.05) is 13.1 Å². The Morgan fingerprint density at radius 2 is 1.71 bits per heavy atom. The summed E-state index contributed by atoms with van der Waals surface area (Å²) in [5, 5.41) is 0. The first-order valence-corrected chi connectivity index (χ1v) is 10.8. The maximum Gasteiger partial charge on any atom is 0.573 e. The predicted octanol–water partition coefficient (Wildman–Crippen LogP) is 4.55. The lowest BCUT2D eigenvalue weighted by atomic mass is 10.1. The van der Waals surface area contributed by atoms with Crippen molar-refractivity contribution in [3.05, 3.63) is 82.8 Å². The Hall–Kier alpha value is -3.86. The van der Waals surface area contributed by atoms with Gasteiger partial charge in [0.1, 0.15) is 34.8 Å². The highest BCUT2D eigenvalue weighted by atomic mass is 19.4. The summed E-state index contributed by atoms with van der Waals surface area (Å²) in [6.45, 7) is 3.08. The van der Waals surface area contributed by atoms with Gasteiger partial charge in [0, 0.05) is 30.9 Å². The molecule has 1 saturated heterocycles. The van der Waals surface area contributed by atoms with E-state index in [9.17, 15) is 22.4 Å². The fraction of sp³-hybridized carbons (Fsp3) is 0.250. The van der Waals surface area contributed by atoms with Gasteiger partial charge in [-0.05, 0) is 55.5 Å². The van der Waals surface area contributed by atoms with Crippen molar-refractivity contribution < 1.29 is 27.0 Å². The molecule has 4 aromatic rings. The molecule has 0 saturated carbocycles. The summed E-state index contributed by atoms with van der Waals surface area (Å²) >= 11 is 0. The number of benzene rings is 2. The highest BCUT2D eigenvalue weighted by molar-refractivity contribution is 5.61.